The van der Waals surface area contributed by atoms with Crippen molar-refractivity contribution < 1.29 is 0 Å². The molecule has 0 atom stereocenters. The summed E-state index contributed by atoms with van der Waals surface area (Å²) >= 11 is 7.72. The van der Waals surface area contributed by atoms with E-state index in [9.17, 15) is 0 Å². The van der Waals surface area contributed by atoms with Crippen molar-refractivity contribution in [2.24, 2.45) is 0 Å². The molecular formula is C11H14ClNS. The van der Waals surface area contributed by atoms with E-state index in [2.05, 4.69) is 19.9 Å². The maximum absolute atomic E-state index is 6.01. The van der Waals surface area contributed by atoms with Crippen LogP contribution in [0, 0.1) is 0 Å². The van der Waals surface area contributed by atoms with Gasteiger partial charge >= 0.3 is 0 Å². The smallest absolute Gasteiger partial charge is 0.0543 e. The lowest BCUT2D eigenvalue weighted by molar-refractivity contribution is 1.36. The van der Waals surface area contributed by atoms with Crippen LogP contribution in [0.15, 0.2) is 34.7 Å². The quantitative estimate of drug-likeness (QED) is 0.480. The topological polar surface area (TPSA) is 26.0 Å². The highest BCUT2D eigenvalue weighted by Crippen LogP contribution is 2.29. The fourth-order valence-corrected chi connectivity index (χ4v) is 2.23. The Labute approximate surface area is 94.3 Å². The monoisotopic (exact) mass is 227 g/mol. The van der Waals surface area contributed by atoms with Gasteiger partial charge in [0.05, 0.1) is 5.02 Å². The number of hydrogen-bond donors (Lipinski definition) is 1. The number of hydrogen-bond acceptors (Lipinski definition) is 2. The fourth-order valence-electron chi connectivity index (χ4n) is 0.929. The van der Waals surface area contributed by atoms with Crippen LogP contribution < -0.4 is 5.73 Å². The molecule has 3 heteroatoms. The molecule has 0 radical (unpaired) electrons. The van der Waals surface area contributed by atoms with Gasteiger partial charge in [0.1, 0.15) is 0 Å². The highest BCUT2D eigenvalue weighted by molar-refractivity contribution is 7.99. The summed E-state index contributed by atoms with van der Waals surface area (Å²) in [4.78, 5) is 1.05. The lowest BCUT2D eigenvalue weighted by Gasteiger charge is -2.03. The Kier molecular flexibility index (Phi) is 4.36. The molecule has 1 aromatic rings. The van der Waals surface area contributed by atoms with Crippen LogP contribution in [0.3, 0.4) is 0 Å². The van der Waals surface area contributed by atoms with Gasteiger partial charge in [-0.3, -0.25) is 0 Å². The fraction of sp³-hybridized carbons (Fsp3) is 0.273. The van der Waals surface area contributed by atoms with Crippen molar-refractivity contribution in [3.8, 4) is 0 Å². The number of halogens is 1. The normalized spacial score (nSPS) is 9.93. The van der Waals surface area contributed by atoms with Gasteiger partial charge in [-0.15, -0.1) is 11.8 Å². The Hall–Kier alpha value is -0.600. The van der Waals surface area contributed by atoms with Gasteiger partial charge in [0, 0.05) is 16.3 Å². The van der Waals surface area contributed by atoms with Gasteiger partial charge in [-0.05, 0) is 32.0 Å². The van der Waals surface area contributed by atoms with Crippen molar-refractivity contribution >= 4 is 29.1 Å². The van der Waals surface area contributed by atoms with E-state index in [1.165, 1.54) is 5.57 Å². The van der Waals surface area contributed by atoms with Gasteiger partial charge in [0.2, 0.25) is 0 Å². The van der Waals surface area contributed by atoms with E-state index in [1.54, 1.807) is 11.8 Å². The molecule has 1 nitrogen and oxygen atoms in total. The Morgan fingerprint density at radius 1 is 1.50 bits per heavy atom. The highest BCUT2D eigenvalue weighted by Gasteiger charge is 1.99. The van der Waals surface area contributed by atoms with Gasteiger partial charge in [0.15, 0.2) is 0 Å². The average Bonchev–Trinajstić information content (AvgIpc) is 2.10. The van der Waals surface area contributed by atoms with Gasteiger partial charge in [0.25, 0.3) is 0 Å². The third-order valence-electron chi connectivity index (χ3n) is 1.69. The number of thioether (sulfide) groups is 1. The summed E-state index contributed by atoms with van der Waals surface area (Å²) < 4.78 is 0. The van der Waals surface area contributed by atoms with E-state index < -0.39 is 0 Å². The van der Waals surface area contributed by atoms with E-state index in [0.717, 1.165) is 21.4 Å². The molecule has 0 fully saturated rings. The van der Waals surface area contributed by atoms with Crippen LogP contribution in [0.5, 0.6) is 0 Å². The van der Waals surface area contributed by atoms with Crippen molar-refractivity contribution in [3.05, 3.63) is 34.9 Å². The predicted octanol–water partition coefficient (Wildman–Crippen LogP) is 3.98. The van der Waals surface area contributed by atoms with Crippen molar-refractivity contribution in [1.82, 2.24) is 0 Å². The number of nitrogen functional groups attached to an aromatic ring is 1. The standard InChI is InChI=1S/C11H14ClNS/c1-8(2)5-6-14-11-7-9(13)3-4-10(11)12/h3-5,7H,6,13H2,1-2H3. The summed E-state index contributed by atoms with van der Waals surface area (Å²) in [5.74, 6) is 0.936. The minimum Gasteiger partial charge on any atom is -0.399 e. The van der Waals surface area contributed by atoms with Gasteiger partial charge in [-0.25, -0.2) is 0 Å². The number of benzene rings is 1. The summed E-state index contributed by atoms with van der Waals surface area (Å²) in [5, 5.41) is 0.770. The SMILES string of the molecule is CC(C)=CCSc1cc(N)ccc1Cl. The molecule has 0 aliphatic carbocycles. The largest absolute Gasteiger partial charge is 0.399 e. The summed E-state index contributed by atoms with van der Waals surface area (Å²) in [6.07, 6.45) is 2.17. The minimum absolute atomic E-state index is 0.758. The van der Waals surface area contributed by atoms with E-state index in [-0.39, 0.29) is 0 Å². The van der Waals surface area contributed by atoms with Crippen LogP contribution in [0.2, 0.25) is 5.02 Å². The molecule has 0 bridgehead atoms. The molecule has 0 heterocycles. The third kappa shape index (κ3) is 3.64. The third-order valence-corrected chi connectivity index (χ3v) is 3.11. The number of allylic oxidation sites excluding steroid dienone is 1. The second-order valence-corrected chi connectivity index (χ2v) is 4.75. The highest BCUT2D eigenvalue weighted by atomic mass is 35.5. The maximum atomic E-state index is 6.01. The van der Waals surface area contributed by atoms with E-state index in [4.69, 9.17) is 17.3 Å². The average molecular weight is 228 g/mol. The molecule has 1 rings (SSSR count). The molecular weight excluding hydrogens is 214 g/mol. The molecule has 1 aromatic carbocycles. The maximum Gasteiger partial charge on any atom is 0.0543 e. The van der Waals surface area contributed by atoms with Crippen LogP contribution >= 0.6 is 23.4 Å². The molecule has 0 aliphatic rings. The van der Waals surface area contributed by atoms with Crippen LogP contribution in [0.1, 0.15) is 13.8 Å². The van der Waals surface area contributed by atoms with E-state index >= 15 is 0 Å². The molecule has 0 aliphatic heterocycles. The van der Waals surface area contributed by atoms with E-state index in [1.807, 2.05) is 18.2 Å². The molecule has 2 N–H and O–H groups in total. The van der Waals surface area contributed by atoms with Crippen LogP contribution in [-0.2, 0) is 0 Å². The summed E-state index contributed by atoms with van der Waals surface area (Å²) in [6, 6.07) is 5.56. The lowest BCUT2D eigenvalue weighted by atomic mass is 10.3. The van der Waals surface area contributed by atoms with Crippen molar-refractivity contribution in [3.63, 3.8) is 0 Å². The summed E-state index contributed by atoms with van der Waals surface area (Å²) in [5.41, 5.74) is 7.75. The Bertz CT molecular complexity index is 343. The zero-order chi connectivity index (χ0) is 10.6. The zero-order valence-corrected chi connectivity index (χ0v) is 9.95. The Balaban J connectivity index is 2.67. The molecule has 0 saturated heterocycles. The van der Waals surface area contributed by atoms with Crippen molar-refractivity contribution in [2.75, 3.05) is 11.5 Å². The molecule has 0 aromatic heterocycles. The van der Waals surface area contributed by atoms with Crippen LogP contribution in [0.4, 0.5) is 5.69 Å². The molecule has 76 valence electrons. The molecule has 14 heavy (non-hydrogen) atoms. The molecule has 0 saturated carbocycles. The Morgan fingerprint density at radius 2 is 2.21 bits per heavy atom. The first-order valence-corrected chi connectivity index (χ1v) is 5.77. The minimum atomic E-state index is 0.758. The lowest BCUT2D eigenvalue weighted by Crippen LogP contribution is -1.85. The number of nitrogens with two attached hydrogens (primary N) is 1. The summed E-state index contributed by atoms with van der Waals surface area (Å²) in [6.45, 7) is 4.17. The van der Waals surface area contributed by atoms with Crippen molar-refractivity contribution in [1.29, 1.82) is 0 Å². The van der Waals surface area contributed by atoms with Crippen LogP contribution in [-0.4, -0.2) is 5.75 Å². The number of anilines is 1. The molecule has 0 unspecified atom stereocenters. The molecule has 0 amide bonds. The first kappa shape index (κ1) is 11.5. The van der Waals surface area contributed by atoms with Gasteiger partial charge in [-0.2, -0.15) is 0 Å². The Morgan fingerprint density at radius 3 is 2.86 bits per heavy atom. The summed E-state index contributed by atoms with van der Waals surface area (Å²) in [7, 11) is 0. The molecule has 0 spiro atoms. The first-order chi connectivity index (χ1) is 6.59. The second-order valence-electron chi connectivity index (χ2n) is 3.28. The van der Waals surface area contributed by atoms with Gasteiger partial charge < -0.3 is 5.73 Å². The van der Waals surface area contributed by atoms with E-state index in [0.29, 0.717) is 0 Å². The van der Waals surface area contributed by atoms with Crippen molar-refractivity contribution in [2.45, 2.75) is 18.7 Å². The second kappa shape index (κ2) is 5.32. The first-order valence-electron chi connectivity index (χ1n) is 4.41. The number of rotatable bonds is 3. The predicted molar refractivity (Wildman–Crippen MR) is 66.0 cm³/mol. The zero-order valence-electron chi connectivity index (χ0n) is 8.38. The van der Waals surface area contributed by atoms with Gasteiger partial charge in [-0.1, -0.05) is 23.3 Å². The van der Waals surface area contributed by atoms with Crippen LogP contribution in [0.25, 0.3) is 0 Å².